The van der Waals surface area contributed by atoms with Crippen LogP contribution in [0.25, 0.3) is 0 Å². The van der Waals surface area contributed by atoms with Crippen molar-refractivity contribution in [3.8, 4) is 0 Å². The van der Waals surface area contributed by atoms with Crippen molar-refractivity contribution in [2.75, 3.05) is 13.6 Å². The molecule has 0 radical (unpaired) electrons. The van der Waals surface area contributed by atoms with Gasteiger partial charge in [-0.3, -0.25) is 4.79 Å². The summed E-state index contributed by atoms with van der Waals surface area (Å²) in [6.07, 6.45) is -4.49. The van der Waals surface area contributed by atoms with Crippen LogP contribution in [-0.4, -0.2) is 25.7 Å². The Morgan fingerprint density at radius 3 is 2.79 bits per heavy atom. The summed E-state index contributed by atoms with van der Waals surface area (Å²) in [7, 11) is 1.48. The number of fused-ring (bicyclic) bond motifs is 1. The second-order valence-corrected chi connectivity index (χ2v) is 4.58. The predicted octanol–water partition coefficient (Wildman–Crippen LogP) is 2.19. The summed E-state index contributed by atoms with van der Waals surface area (Å²) < 4.78 is 37.4. The molecule has 1 aromatic rings. The van der Waals surface area contributed by atoms with E-state index in [1.807, 2.05) is 0 Å². The third-order valence-electron chi connectivity index (χ3n) is 3.24. The monoisotopic (exact) mass is 272 g/mol. The summed E-state index contributed by atoms with van der Waals surface area (Å²) in [5.41, 5.74) is 1.84. The quantitative estimate of drug-likeness (QED) is 0.885. The molecule has 0 saturated carbocycles. The second kappa shape index (κ2) is 5.21. The lowest BCUT2D eigenvalue weighted by Crippen LogP contribution is -2.32. The van der Waals surface area contributed by atoms with E-state index >= 15 is 0 Å². The summed E-state index contributed by atoms with van der Waals surface area (Å²) in [6, 6.07) is 4.12. The minimum Gasteiger partial charge on any atom is -0.352 e. The maximum absolute atomic E-state index is 12.5. The number of alkyl halides is 3. The minimum atomic E-state index is -4.24. The van der Waals surface area contributed by atoms with Crippen molar-refractivity contribution in [1.29, 1.82) is 0 Å². The third kappa shape index (κ3) is 3.26. The van der Waals surface area contributed by atoms with Gasteiger partial charge in [0.1, 0.15) is 0 Å². The third-order valence-corrected chi connectivity index (χ3v) is 3.24. The summed E-state index contributed by atoms with van der Waals surface area (Å²) in [4.78, 5) is 11.7. The van der Waals surface area contributed by atoms with Gasteiger partial charge in [0, 0.05) is 18.2 Å². The fourth-order valence-electron chi connectivity index (χ4n) is 2.26. The Bertz CT molecular complexity index is 485. The lowest BCUT2D eigenvalue weighted by Gasteiger charge is -2.22. The van der Waals surface area contributed by atoms with Crippen LogP contribution >= 0.6 is 0 Å². The van der Waals surface area contributed by atoms with E-state index in [1.165, 1.54) is 7.05 Å². The van der Waals surface area contributed by atoms with Crippen LogP contribution in [0.15, 0.2) is 18.2 Å². The average molecular weight is 272 g/mol. The molecule has 6 heteroatoms. The number of hydrogen-bond donors (Lipinski definition) is 2. The zero-order valence-corrected chi connectivity index (χ0v) is 10.5. The van der Waals surface area contributed by atoms with Crippen LogP contribution in [0.3, 0.4) is 0 Å². The van der Waals surface area contributed by atoms with Crippen molar-refractivity contribution in [2.24, 2.45) is 0 Å². The first-order chi connectivity index (χ1) is 8.90. The van der Waals surface area contributed by atoms with Crippen molar-refractivity contribution in [2.45, 2.75) is 25.1 Å². The molecule has 1 unspecified atom stereocenters. The van der Waals surface area contributed by atoms with Crippen molar-refractivity contribution in [3.05, 3.63) is 34.9 Å². The highest BCUT2D eigenvalue weighted by molar-refractivity contribution is 5.96. The van der Waals surface area contributed by atoms with Gasteiger partial charge in [0.25, 0.3) is 5.91 Å². The van der Waals surface area contributed by atoms with E-state index in [9.17, 15) is 18.0 Å². The van der Waals surface area contributed by atoms with Crippen LogP contribution in [0.5, 0.6) is 0 Å². The van der Waals surface area contributed by atoms with Gasteiger partial charge in [0.15, 0.2) is 0 Å². The molecule has 19 heavy (non-hydrogen) atoms. The zero-order chi connectivity index (χ0) is 14.0. The number of carbonyl (C=O) groups excluding carboxylic acids is 1. The highest BCUT2D eigenvalue weighted by Crippen LogP contribution is 2.30. The molecule has 1 aromatic carbocycles. The van der Waals surface area contributed by atoms with Crippen molar-refractivity contribution in [1.82, 2.24) is 10.6 Å². The summed E-state index contributed by atoms with van der Waals surface area (Å²) in [5, 5.41) is 5.33. The molecule has 0 aliphatic carbocycles. The molecule has 2 N–H and O–H groups in total. The molecule has 0 saturated heterocycles. The van der Waals surface area contributed by atoms with Gasteiger partial charge >= 0.3 is 6.18 Å². The van der Waals surface area contributed by atoms with E-state index < -0.39 is 18.6 Å². The molecule has 1 amide bonds. The number of nitrogens with one attached hydrogen (secondary N) is 2. The average Bonchev–Trinajstić information content (AvgIpc) is 2.35. The van der Waals surface area contributed by atoms with Gasteiger partial charge in [0.05, 0.1) is 6.42 Å². The van der Waals surface area contributed by atoms with Crippen molar-refractivity contribution >= 4 is 5.91 Å². The van der Waals surface area contributed by atoms with E-state index in [4.69, 9.17) is 0 Å². The van der Waals surface area contributed by atoms with E-state index in [2.05, 4.69) is 10.6 Å². The lowest BCUT2D eigenvalue weighted by atomic mass is 9.94. The maximum atomic E-state index is 12.5. The normalized spacial score (nSPS) is 16.7. The van der Waals surface area contributed by atoms with Crippen LogP contribution < -0.4 is 10.6 Å². The molecule has 104 valence electrons. The van der Waals surface area contributed by atoms with Gasteiger partial charge in [-0.2, -0.15) is 13.2 Å². The molecule has 0 spiro atoms. The van der Waals surface area contributed by atoms with Gasteiger partial charge in [0.2, 0.25) is 0 Å². The number of carbonyl (C=O) groups is 1. The van der Waals surface area contributed by atoms with Crippen LogP contribution in [-0.2, 0) is 6.42 Å². The predicted molar refractivity (Wildman–Crippen MR) is 65.0 cm³/mol. The molecule has 1 aliphatic heterocycles. The Hall–Kier alpha value is -1.56. The first-order valence-corrected chi connectivity index (χ1v) is 6.06. The Morgan fingerprint density at radius 2 is 2.16 bits per heavy atom. The van der Waals surface area contributed by atoms with Gasteiger partial charge in [-0.15, -0.1) is 0 Å². The summed E-state index contributed by atoms with van der Waals surface area (Å²) in [5.74, 6) is -0.218. The standard InChI is InChI=1S/C13H15F3N2O/c1-17-11(7-13(14,15)16)9-3-2-8-4-5-18-12(19)10(8)6-9/h2-3,6,11,17H,4-5,7H2,1H3,(H,18,19). The molecule has 1 atom stereocenters. The highest BCUT2D eigenvalue weighted by Gasteiger charge is 2.32. The zero-order valence-electron chi connectivity index (χ0n) is 10.5. The van der Waals surface area contributed by atoms with Crippen molar-refractivity contribution in [3.63, 3.8) is 0 Å². The first-order valence-electron chi connectivity index (χ1n) is 6.06. The van der Waals surface area contributed by atoms with E-state index in [0.29, 0.717) is 24.1 Å². The molecule has 1 aliphatic rings. The van der Waals surface area contributed by atoms with Crippen LogP contribution in [0, 0.1) is 0 Å². The Kier molecular flexibility index (Phi) is 3.80. The number of benzene rings is 1. The topological polar surface area (TPSA) is 41.1 Å². The Balaban J connectivity index is 2.29. The molecular formula is C13H15F3N2O. The molecular weight excluding hydrogens is 257 g/mol. The summed E-state index contributed by atoms with van der Waals surface area (Å²) >= 11 is 0. The maximum Gasteiger partial charge on any atom is 0.390 e. The largest absolute Gasteiger partial charge is 0.390 e. The molecule has 0 bridgehead atoms. The lowest BCUT2D eigenvalue weighted by molar-refractivity contribution is -0.140. The minimum absolute atomic E-state index is 0.218. The van der Waals surface area contributed by atoms with Gasteiger partial charge in [-0.05, 0) is 30.7 Å². The number of hydrogen-bond acceptors (Lipinski definition) is 2. The molecule has 0 fully saturated rings. The molecule has 2 rings (SSSR count). The number of amides is 1. The molecule has 1 heterocycles. The fourth-order valence-corrected chi connectivity index (χ4v) is 2.26. The van der Waals surface area contributed by atoms with Crippen molar-refractivity contribution < 1.29 is 18.0 Å². The van der Waals surface area contributed by atoms with Gasteiger partial charge in [-0.25, -0.2) is 0 Å². The van der Waals surface area contributed by atoms with Gasteiger partial charge < -0.3 is 10.6 Å². The number of halogens is 3. The van der Waals surface area contributed by atoms with Gasteiger partial charge in [-0.1, -0.05) is 12.1 Å². The van der Waals surface area contributed by atoms with E-state index in [0.717, 1.165) is 5.56 Å². The SMILES string of the molecule is CNC(CC(F)(F)F)c1ccc2c(c1)C(=O)NCC2. The highest BCUT2D eigenvalue weighted by atomic mass is 19.4. The Morgan fingerprint density at radius 1 is 1.42 bits per heavy atom. The van der Waals surface area contributed by atoms with E-state index in [1.54, 1.807) is 18.2 Å². The van der Waals surface area contributed by atoms with Crippen LogP contribution in [0.1, 0.15) is 33.9 Å². The Labute approximate surface area is 109 Å². The van der Waals surface area contributed by atoms with E-state index in [-0.39, 0.29) is 5.91 Å². The first kappa shape index (κ1) is 13.9. The van der Waals surface area contributed by atoms with Crippen LogP contribution in [0.2, 0.25) is 0 Å². The molecule has 0 aromatic heterocycles. The smallest absolute Gasteiger partial charge is 0.352 e. The fraction of sp³-hybridized carbons (Fsp3) is 0.462. The molecule has 3 nitrogen and oxygen atoms in total. The summed E-state index contributed by atoms with van der Waals surface area (Å²) in [6.45, 7) is 0.573. The number of rotatable bonds is 3. The van der Waals surface area contributed by atoms with Crippen LogP contribution in [0.4, 0.5) is 13.2 Å². The second-order valence-electron chi connectivity index (χ2n) is 4.58.